The van der Waals surface area contributed by atoms with E-state index in [9.17, 15) is 22.8 Å². The summed E-state index contributed by atoms with van der Waals surface area (Å²) in [6.07, 6.45) is -3.16. The molecule has 1 saturated heterocycles. The van der Waals surface area contributed by atoms with Crippen LogP contribution in [0.5, 0.6) is 0 Å². The van der Waals surface area contributed by atoms with Crippen molar-refractivity contribution in [3.05, 3.63) is 0 Å². The number of hydrogen-bond donors (Lipinski definition) is 2. The average molecular weight is 324 g/mol. The van der Waals surface area contributed by atoms with E-state index in [0.717, 1.165) is 4.90 Å². The molecule has 3 N–H and O–H groups in total. The van der Waals surface area contributed by atoms with Crippen LogP contribution in [0.15, 0.2) is 0 Å². The summed E-state index contributed by atoms with van der Waals surface area (Å²) in [4.78, 5) is 25.5. The highest BCUT2D eigenvalue weighted by Crippen LogP contribution is 2.19. The Morgan fingerprint density at radius 1 is 1.32 bits per heavy atom. The highest BCUT2D eigenvalue weighted by Gasteiger charge is 2.34. The molecule has 0 aromatic carbocycles. The van der Waals surface area contributed by atoms with Crippen molar-refractivity contribution in [2.75, 3.05) is 26.2 Å². The number of rotatable bonds is 5. The number of nitrogens with zero attached hydrogens (tertiary/aromatic N) is 2. The maximum atomic E-state index is 12.5. The first-order valence-electron chi connectivity index (χ1n) is 7.23. The number of alkyl halides is 3. The van der Waals surface area contributed by atoms with Gasteiger partial charge in [0.2, 0.25) is 5.91 Å². The van der Waals surface area contributed by atoms with Crippen molar-refractivity contribution in [2.24, 2.45) is 5.73 Å². The number of hydrogen-bond acceptors (Lipinski definition) is 3. The van der Waals surface area contributed by atoms with Gasteiger partial charge in [-0.2, -0.15) is 13.2 Å². The van der Waals surface area contributed by atoms with Crippen LogP contribution in [0.2, 0.25) is 0 Å². The molecule has 1 heterocycles. The van der Waals surface area contributed by atoms with Gasteiger partial charge in [-0.05, 0) is 26.7 Å². The maximum absolute atomic E-state index is 12.5. The minimum Gasteiger partial charge on any atom is -0.352 e. The average Bonchev–Trinajstić information content (AvgIpc) is 2.36. The summed E-state index contributed by atoms with van der Waals surface area (Å²) >= 11 is 0. The maximum Gasteiger partial charge on any atom is 0.406 e. The molecule has 1 aliphatic rings. The molecule has 0 spiro atoms. The van der Waals surface area contributed by atoms with Crippen LogP contribution in [0.4, 0.5) is 18.0 Å². The van der Waals surface area contributed by atoms with Crippen molar-refractivity contribution < 1.29 is 22.8 Å². The number of amides is 3. The van der Waals surface area contributed by atoms with Gasteiger partial charge in [0.05, 0.1) is 6.54 Å². The Labute approximate surface area is 127 Å². The minimum atomic E-state index is -4.40. The molecule has 0 aliphatic carbocycles. The fraction of sp³-hybridized carbons (Fsp3) is 0.846. The van der Waals surface area contributed by atoms with Crippen LogP contribution in [-0.4, -0.2) is 66.2 Å². The quantitative estimate of drug-likeness (QED) is 0.789. The van der Waals surface area contributed by atoms with Crippen LogP contribution in [0, 0.1) is 0 Å². The van der Waals surface area contributed by atoms with Gasteiger partial charge >= 0.3 is 12.2 Å². The van der Waals surface area contributed by atoms with Crippen molar-refractivity contribution in [3.8, 4) is 0 Å². The Kier molecular flexibility index (Phi) is 6.46. The highest BCUT2D eigenvalue weighted by molar-refractivity contribution is 5.78. The first kappa shape index (κ1) is 18.5. The van der Waals surface area contributed by atoms with Gasteiger partial charge in [0.25, 0.3) is 0 Å². The molecular formula is C13H23F3N4O2. The SMILES string of the molecule is CC(C)N(CC(F)(F)F)C(=O)CN1CCC(NC(N)=O)CC1. The normalized spacial score (nSPS) is 17.5. The van der Waals surface area contributed by atoms with E-state index < -0.39 is 30.7 Å². The Morgan fingerprint density at radius 3 is 2.27 bits per heavy atom. The molecule has 1 rings (SSSR count). The summed E-state index contributed by atoms with van der Waals surface area (Å²) in [5, 5.41) is 2.60. The second kappa shape index (κ2) is 7.66. The summed E-state index contributed by atoms with van der Waals surface area (Å²) in [5.41, 5.74) is 5.04. The third-order valence-electron chi connectivity index (χ3n) is 3.59. The number of carbonyl (C=O) groups excluding carboxylic acids is 2. The summed E-state index contributed by atoms with van der Waals surface area (Å²) in [6, 6.07) is -1.14. The molecule has 0 aromatic rings. The van der Waals surface area contributed by atoms with Crippen LogP contribution in [-0.2, 0) is 4.79 Å². The number of carbonyl (C=O) groups is 2. The molecular weight excluding hydrogens is 301 g/mol. The minimum absolute atomic E-state index is 0.0415. The predicted molar refractivity (Wildman–Crippen MR) is 75.1 cm³/mol. The van der Waals surface area contributed by atoms with Crippen molar-refractivity contribution in [3.63, 3.8) is 0 Å². The van der Waals surface area contributed by atoms with Crippen LogP contribution >= 0.6 is 0 Å². The molecule has 0 bridgehead atoms. The van der Waals surface area contributed by atoms with Crippen molar-refractivity contribution in [1.29, 1.82) is 0 Å². The van der Waals surface area contributed by atoms with Gasteiger partial charge in [0, 0.05) is 25.2 Å². The van der Waals surface area contributed by atoms with Gasteiger partial charge in [-0.25, -0.2) is 4.79 Å². The van der Waals surface area contributed by atoms with E-state index in [2.05, 4.69) is 5.32 Å². The Hall–Kier alpha value is -1.51. The zero-order valence-corrected chi connectivity index (χ0v) is 12.8. The lowest BCUT2D eigenvalue weighted by molar-refractivity contribution is -0.165. The zero-order chi connectivity index (χ0) is 16.9. The largest absolute Gasteiger partial charge is 0.406 e. The Morgan fingerprint density at radius 2 is 1.86 bits per heavy atom. The standard InChI is InChI=1S/C13H23F3N4O2/c1-9(2)20(8-13(14,15)16)11(21)7-19-5-3-10(4-6-19)18-12(17)22/h9-10H,3-8H2,1-2H3,(H3,17,18,22). The van der Waals surface area contributed by atoms with Gasteiger partial charge in [0.15, 0.2) is 0 Å². The molecule has 22 heavy (non-hydrogen) atoms. The molecule has 9 heteroatoms. The van der Waals surface area contributed by atoms with Crippen molar-refractivity contribution in [2.45, 2.75) is 44.9 Å². The number of halogens is 3. The molecule has 6 nitrogen and oxygen atoms in total. The van der Waals surface area contributed by atoms with Gasteiger partial charge < -0.3 is 16.0 Å². The van der Waals surface area contributed by atoms with Gasteiger partial charge in [-0.15, -0.1) is 0 Å². The third-order valence-corrected chi connectivity index (χ3v) is 3.59. The second-order valence-corrected chi connectivity index (χ2v) is 5.79. The van der Waals surface area contributed by atoms with E-state index in [1.165, 1.54) is 0 Å². The van der Waals surface area contributed by atoms with E-state index in [1.807, 2.05) is 0 Å². The summed E-state index contributed by atoms with van der Waals surface area (Å²) in [6.45, 7) is 2.92. The lowest BCUT2D eigenvalue weighted by Crippen LogP contribution is -2.51. The number of likely N-dealkylation sites (tertiary alicyclic amines) is 1. The van der Waals surface area contributed by atoms with Crippen LogP contribution in [0.25, 0.3) is 0 Å². The molecule has 1 aliphatic heterocycles. The van der Waals surface area contributed by atoms with Gasteiger partial charge in [-0.1, -0.05) is 0 Å². The number of nitrogens with two attached hydrogens (primary N) is 1. The summed E-state index contributed by atoms with van der Waals surface area (Å²) < 4.78 is 37.6. The molecule has 0 aromatic heterocycles. The second-order valence-electron chi connectivity index (χ2n) is 5.79. The predicted octanol–water partition coefficient (Wildman–Crippen LogP) is 0.918. The Balaban J connectivity index is 2.48. The van der Waals surface area contributed by atoms with Crippen LogP contribution < -0.4 is 11.1 Å². The fourth-order valence-electron chi connectivity index (χ4n) is 2.47. The lowest BCUT2D eigenvalue weighted by atomic mass is 10.1. The van der Waals surface area contributed by atoms with Crippen LogP contribution in [0.3, 0.4) is 0 Å². The molecule has 0 radical (unpaired) electrons. The summed E-state index contributed by atoms with van der Waals surface area (Å²) in [5.74, 6) is -0.534. The van der Waals surface area contributed by atoms with Crippen molar-refractivity contribution >= 4 is 11.9 Å². The zero-order valence-electron chi connectivity index (χ0n) is 12.8. The van der Waals surface area contributed by atoms with E-state index >= 15 is 0 Å². The summed E-state index contributed by atoms with van der Waals surface area (Å²) in [7, 11) is 0. The monoisotopic (exact) mass is 324 g/mol. The molecule has 1 fully saturated rings. The molecule has 0 unspecified atom stereocenters. The van der Waals surface area contributed by atoms with Gasteiger partial charge in [0.1, 0.15) is 6.54 Å². The van der Waals surface area contributed by atoms with Gasteiger partial charge in [-0.3, -0.25) is 9.69 Å². The van der Waals surface area contributed by atoms with E-state index in [4.69, 9.17) is 5.73 Å². The first-order chi connectivity index (χ1) is 10.1. The van der Waals surface area contributed by atoms with E-state index in [-0.39, 0.29) is 12.6 Å². The highest BCUT2D eigenvalue weighted by atomic mass is 19.4. The first-order valence-corrected chi connectivity index (χ1v) is 7.23. The third kappa shape index (κ3) is 6.50. The fourth-order valence-corrected chi connectivity index (χ4v) is 2.47. The van der Waals surface area contributed by atoms with Crippen molar-refractivity contribution in [1.82, 2.24) is 15.1 Å². The number of urea groups is 1. The number of piperidine rings is 1. The molecule has 0 atom stereocenters. The van der Waals surface area contributed by atoms with E-state index in [0.29, 0.717) is 25.9 Å². The van der Waals surface area contributed by atoms with Crippen LogP contribution in [0.1, 0.15) is 26.7 Å². The molecule has 3 amide bonds. The number of nitrogens with one attached hydrogen (secondary N) is 1. The molecule has 128 valence electrons. The lowest BCUT2D eigenvalue weighted by Gasteiger charge is -2.34. The topological polar surface area (TPSA) is 78.7 Å². The van der Waals surface area contributed by atoms with E-state index in [1.54, 1.807) is 18.7 Å². The smallest absolute Gasteiger partial charge is 0.352 e. The molecule has 0 saturated carbocycles. The Bertz CT molecular complexity index is 393. The number of primary amides is 1.